The van der Waals surface area contributed by atoms with E-state index in [2.05, 4.69) is 23.9 Å². The largest absolute Gasteiger partial charge is 0.310 e. The smallest absolute Gasteiger partial charge is 0.240 e. The van der Waals surface area contributed by atoms with Crippen molar-refractivity contribution >= 4 is 10.0 Å². The van der Waals surface area contributed by atoms with Crippen LogP contribution in [0, 0.1) is 0 Å². The molecule has 20 heavy (non-hydrogen) atoms. The van der Waals surface area contributed by atoms with Gasteiger partial charge in [0.2, 0.25) is 10.0 Å². The molecule has 0 heterocycles. The molecule has 1 rings (SSSR count). The lowest BCUT2D eigenvalue weighted by Crippen LogP contribution is -2.25. The summed E-state index contributed by atoms with van der Waals surface area (Å²) in [6.45, 7) is 7.54. The summed E-state index contributed by atoms with van der Waals surface area (Å²) >= 11 is 0. The molecule has 114 valence electrons. The summed E-state index contributed by atoms with van der Waals surface area (Å²) in [6, 6.07) is 7.40. The third-order valence-corrected chi connectivity index (χ3v) is 4.71. The van der Waals surface area contributed by atoms with Crippen LogP contribution in [0.1, 0.15) is 51.6 Å². The first-order chi connectivity index (χ1) is 9.55. The van der Waals surface area contributed by atoms with Crippen LogP contribution in [0.3, 0.4) is 0 Å². The van der Waals surface area contributed by atoms with Gasteiger partial charge in [-0.15, -0.1) is 0 Å². The molecule has 4 nitrogen and oxygen atoms in total. The van der Waals surface area contributed by atoms with Crippen molar-refractivity contribution in [2.45, 2.75) is 51.0 Å². The number of unbranched alkanes of at least 4 members (excludes halogenated alkanes) is 1. The number of benzene rings is 1. The summed E-state index contributed by atoms with van der Waals surface area (Å²) in [5.74, 6) is 0. The molecule has 0 bridgehead atoms. The maximum atomic E-state index is 12.2. The van der Waals surface area contributed by atoms with Gasteiger partial charge in [-0.1, -0.05) is 39.3 Å². The van der Waals surface area contributed by atoms with Gasteiger partial charge < -0.3 is 5.32 Å². The van der Waals surface area contributed by atoms with E-state index < -0.39 is 10.0 Å². The highest BCUT2D eigenvalue weighted by Gasteiger charge is 2.15. The van der Waals surface area contributed by atoms with Crippen molar-refractivity contribution in [3.8, 4) is 0 Å². The van der Waals surface area contributed by atoms with Gasteiger partial charge >= 0.3 is 0 Å². The van der Waals surface area contributed by atoms with Crippen LogP contribution in [0.2, 0.25) is 0 Å². The Balaban J connectivity index is 2.91. The molecule has 5 heteroatoms. The molecular formula is C15H26N2O2S. The van der Waals surface area contributed by atoms with Crippen LogP contribution in [0.15, 0.2) is 29.2 Å². The fraction of sp³-hybridized carbons (Fsp3) is 0.600. The molecule has 2 N–H and O–H groups in total. The molecule has 0 aliphatic carbocycles. The van der Waals surface area contributed by atoms with Crippen LogP contribution in [-0.4, -0.2) is 21.5 Å². The van der Waals surface area contributed by atoms with Gasteiger partial charge in [-0.05, 0) is 37.1 Å². The van der Waals surface area contributed by atoms with Gasteiger partial charge in [0.15, 0.2) is 0 Å². The van der Waals surface area contributed by atoms with Crippen LogP contribution >= 0.6 is 0 Å². The number of sulfonamides is 1. The van der Waals surface area contributed by atoms with Crippen molar-refractivity contribution in [1.29, 1.82) is 0 Å². The fourth-order valence-electron chi connectivity index (χ4n) is 2.11. The van der Waals surface area contributed by atoms with Crippen LogP contribution in [0.25, 0.3) is 0 Å². The molecule has 0 fully saturated rings. The second-order valence-electron chi connectivity index (χ2n) is 4.84. The van der Waals surface area contributed by atoms with Gasteiger partial charge in [0.1, 0.15) is 0 Å². The zero-order valence-corrected chi connectivity index (χ0v) is 13.5. The van der Waals surface area contributed by atoms with Crippen LogP contribution in [-0.2, 0) is 10.0 Å². The summed E-state index contributed by atoms with van der Waals surface area (Å²) in [5, 5.41) is 3.36. The zero-order valence-electron chi connectivity index (χ0n) is 12.6. The second-order valence-corrected chi connectivity index (χ2v) is 6.61. The molecule has 0 amide bonds. The number of nitrogens with one attached hydrogen (secondary N) is 2. The quantitative estimate of drug-likeness (QED) is 0.689. The third kappa shape index (κ3) is 4.89. The molecule has 1 aromatic carbocycles. The Hall–Kier alpha value is -0.910. The molecule has 0 aliphatic heterocycles. The predicted octanol–water partition coefficient (Wildman–Crippen LogP) is 2.83. The summed E-state index contributed by atoms with van der Waals surface area (Å²) in [5.41, 5.74) is 1.02. The Morgan fingerprint density at radius 2 is 1.95 bits per heavy atom. The van der Waals surface area contributed by atoms with E-state index in [4.69, 9.17) is 0 Å². The van der Waals surface area contributed by atoms with E-state index in [0.29, 0.717) is 11.4 Å². The molecule has 0 saturated carbocycles. The van der Waals surface area contributed by atoms with Gasteiger partial charge in [0, 0.05) is 12.6 Å². The Labute approximate surface area is 123 Å². The molecular weight excluding hydrogens is 272 g/mol. The Bertz CT molecular complexity index is 500. The van der Waals surface area contributed by atoms with Crippen molar-refractivity contribution < 1.29 is 8.42 Å². The monoisotopic (exact) mass is 298 g/mol. The molecule has 0 radical (unpaired) electrons. The molecule has 1 atom stereocenters. The molecule has 0 saturated heterocycles. The number of hydrogen-bond acceptors (Lipinski definition) is 3. The highest BCUT2D eigenvalue weighted by Crippen LogP contribution is 2.20. The summed E-state index contributed by atoms with van der Waals surface area (Å²) < 4.78 is 27.0. The maximum Gasteiger partial charge on any atom is 0.240 e. The minimum Gasteiger partial charge on any atom is -0.310 e. The lowest BCUT2D eigenvalue weighted by Gasteiger charge is -2.17. The van der Waals surface area contributed by atoms with E-state index in [1.54, 1.807) is 12.1 Å². The van der Waals surface area contributed by atoms with Crippen molar-refractivity contribution in [1.82, 2.24) is 10.0 Å². The van der Waals surface area contributed by atoms with Gasteiger partial charge in [0.25, 0.3) is 0 Å². The molecule has 0 aliphatic rings. The van der Waals surface area contributed by atoms with Gasteiger partial charge in [0.05, 0.1) is 4.90 Å². The first kappa shape index (κ1) is 17.1. The standard InChI is InChI=1S/C15H26N2O2S/c1-4-7-11-17-20(18,19)14-10-8-9-13(12-14)15(5-2)16-6-3/h8-10,12,15-17H,4-7,11H2,1-3H3. The SMILES string of the molecule is CCCCNS(=O)(=O)c1cccc(C(CC)NCC)c1. The average Bonchev–Trinajstić information content (AvgIpc) is 2.45. The topological polar surface area (TPSA) is 58.2 Å². The number of rotatable bonds is 9. The van der Waals surface area contributed by atoms with Crippen LogP contribution < -0.4 is 10.0 Å². The molecule has 1 aromatic rings. The molecule has 0 aromatic heterocycles. The van der Waals surface area contributed by atoms with E-state index in [-0.39, 0.29) is 6.04 Å². The summed E-state index contributed by atoms with van der Waals surface area (Å²) in [7, 11) is -3.39. The second kappa shape index (κ2) is 8.39. The highest BCUT2D eigenvalue weighted by molar-refractivity contribution is 7.89. The van der Waals surface area contributed by atoms with Crippen molar-refractivity contribution in [2.75, 3.05) is 13.1 Å². The third-order valence-electron chi connectivity index (χ3n) is 3.25. The van der Waals surface area contributed by atoms with Crippen molar-refractivity contribution in [2.24, 2.45) is 0 Å². The van der Waals surface area contributed by atoms with Gasteiger partial charge in [-0.3, -0.25) is 0 Å². The van der Waals surface area contributed by atoms with E-state index >= 15 is 0 Å². The highest BCUT2D eigenvalue weighted by atomic mass is 32.2. The summed E-state index contributed by atoms with van der Waals surface area (Å²) in [4.78, 5) is 0.349. The predicted molar refractivity (Wildman–Crippen MR) is 83.2 cm³/mol. The molecule has 0 spiro atoms. The first-order valence-corrected chi connectivity index (χ1v) is 8.86. The Morgan fingerprint density at radius 3 is 2.55 bits per heavy atom. The van der Waals surface area contributed by atoms with Gasteiger partial charge in [-0.25, -0.2) is 13.1 Å². The van der Waals surface area contributed by atoms with E-state index in [0.717, 1.165) is 31.4 Å². The van der Waals surface area contributed by atoms with E-state index in [1.165, 1.54) is 0 Å². The normalized spacial score (nSPS) is 13.3. The van der Waals surface area contributed by atoms with Crippen molar-refractivity contribution in [3.63, 3.8) is 0 Å². The first-order valence-electron chi connectivity index (χ1n) is 7.38. The van der Waals surface area contributed by atoms with Crippen LogP contribution in [0.5, 0.6) is 0 Å². The fourth-order valence-corrected chi connectivity index (χ4v) is 3.24. The Kier molecular flexibility index (Phi) is 7.19. The minimum absolute atomic E-state index is 0.200. The minimum atomic E-state index is -3.39. The van der Waals surface area contributed by atoms with Crippen LogP contribution in [0.4, 0.5) is 0 Å². The lowest BCUT2D eigenvalue weighted by molar-refractivity contribution is 0.535. The van der Waals surface area contributed by atoms with Gasteiger partial charge in [-0.2, -0.15) is 0 Å². The van der Waals surface area contributed by atoms with E-state index in [1.807, 2.05) is 19.1 Å². The zero-order chi connectivity index (χ0) is 15.0. The van der Waals surface area contributed by atoms with E-state index in [9.17, 15) is 8.42 Å². The Morgan fingerprint density at radius 1 is 1.20 bits per heavy atom. The lowest BCUT2D eigenvalue weighted by atomic mass is 10.0. The maximum absolute atomic E-state index is 12.2. The molecule has 1 unspecified atom stereocenters. The number of hydrogen-bond donors (Lipinski definition) is 2. The van der Waals surface area contributed by atoms with Crippen molar-refractivity contribution in [3.05, 3.63) is 29.8 Å². The average molecular weight is 298 g/mol. The summed E-state index contributed by atoms with van der Waals surface area (Å²) in [6.07, 6.45) is 2.76.